The molecule has 0 heterocycles. The lowest BCUT2D eigenvalue weighted by Crippen LogP contribution is -2.14. The molecule has 0 saturated heterocycles. The zero-order valence-corrected chi connectivity index (χ0v) is 29.3. The summed E-state index contributed by atoms with van der Waals surface area (Å²) in [6.45, 7) is 4.74. The minimum atomic E-state index is -0.0467. The molecule has 0 fully saturated rings. The number of hydrogen-bond donors (Lipinski definition) is 0. The number of hydrogen-bond acceptors (Lipinski definition) is 1. The van der Waals surface area contributed by atoms with E-state index in [1.54, 1.807) is 0 Å². The monoisotopic (exact) mass is 663 g/mol. The minimum absolute atomic E-state index is 0.0467. The maximum absolute atomic E-state index is 2.48. The fourth-order valence-electron chi connectivity index (χ4n) is 8.57. The molecule has 1 aliphatic rings. The predicted molar refractivity (Wildman–Crippen MR) is 222 cm³/mol. The first-order valence-corrected chi connectivity index (χ1v) is 18.2. The van der Waals surface area contributed by atoms with Crippen molar-refractivity contribution in [1.82, 2.24) is 0 Å². The smallest absolute Gasteiger partial charge is 0.0473 e. The van der Waals surface area contributed by atoms with Crippen molar-refractivity contribution in [3.05, 3.63) is 199 Å². The van der Waals surface area contributed by atoms with Crippen LogP contribution in [0.5, 0.6) is 0 Å². The summed E-state index contributed by atoms with van der Waals surface area (Å²) in [4.78, 5) is 2.36. The molecule has 1 heteroatoms. The Morgan fingerprint density at radius 2 is 0.923 bits per heavy atom. The highest BCUT2D eigenvalue weighted by atomic mass is 15.1. The second-order valence-electron chi connectivity index (χ2n) is 14.6. The second kappa shape index (κ2) is 11.8. The first-order chi connectivity index (χ1) is 25.5. The molecular weight excluding hydrogens is 627 g/mol. The van der Waals surface area contributed by atoms with Crippen LogP contribution in [0.15, 0.2) is 188 Å². The van der Waals surface area contributed by atoms with E-state index in [0.717, 1.165) is 17.1 Å². The van der Waals surface area contributed by atoms with Gasteiger partial charge in [0.15, 0.2) is 0 Å². The lowest BCUT2D eigenvalue weighted by atomic mass is 9.81. The minimum Gasteiger partial charge on any atom is -0.310 e. The SMILES string of the molecule is CC1(C)c2ccccc2-c2cc3ccc4ccc5cc(-c6cc(-c7ccccc7)cc(N(c7ccccc7)c7ccccc7)c6)ccc5c4c3cc21. The number of benzene rings is 9. The Morgan fingerprint density at radius 1 is 0.346 bits per heavy atom. The zero-order chi connectivity index (χ0) is 34.8. The van der Waals surface area contributed by atoms with Crippen LogP contribution in [0.25, 0.3) is 65.7 Å². The first-order valence-electron chi connectivity index (χ1n) is 18.2. The van der Waals surface area contributed by atoms with Crippen LogP contribution in [-0.4, -0.2) is 0 Å². The van der Waals surface area contributed by atoms with Gasteiger partial charge in [-0.2, -0.15) is 0 Å². The highest BCUT2D eigenvalue weighted by molar-refractivity contribution is 6.21. The molecule has 52 heavy (non-hydrogen) atoms. The maximum Gasteiger partial charge on any atom is 0.0473 e. The molecule has 10 rings (SSSR count). The normalized spacial score (nSPS) is 13.0. The van der Waals surface area contributed by atoms with Gasteiger partial charge in [0.1, 0.15) is 0 Å². The topological polar surface area (TPSA) is 3.24 Å². The molecule has 246 valence electrons. The number of nitrogens with zero attached hydrogens (tertiary/aromatic N) is 1. The van der Waals surface area contributed by atoms with Crippen molar-refractivity contribution < 1.29 is 0 Å². The number of para-hydroxylation sites is 2. The Kier molecular flexibility index (Phi) is 6.91. The summed E-state index contributed by atoms with van der Waals surface area (Å²) in [5.74, 6) is 0. The van der Waals surface area contributed by atoms with Crippen LogP contribution in [0.3, 0.4) is 0 Å². The van der Waals surface area contributed by atoms with Crippen molar-refractivity contribution in [3.63, 3.8) is 0 Å². The molecule has 0 atom stereocenters. The molecule has 1 aliphatic carbocycles. The lowest BCUT2D eigenvalue weighted by Gasteiger charge is -2.27. The molecule has 0 aliphatic heterocycles. The van der Waals surface area contributed by atoms with Crippen LogP contribution < -0.4 is 4.90 Å². The summed E-state index contributed by atoms with van der Waals surface area (Å²) in [7, 11) is 0. The molecule has 0 aromatic heterocycles. The van der Waals surface area contributed by atoms with Crippen LogP contribution in [0.1, 0.15) is 25.0 Å². The number of rotatable bonds is 5. The Bertz CT molecular complexity index is 2760. The average molecular weight is 664 g/mol. The maximum atomic E-state index is 2.48. The average Bonchev–Trinajstić information content (AvgIpc) is 3.42. The van der Waals surface area contributed by atoms with Gasteiger partial charge in [-0.1, -0.05) is 141 Å². The van der Waals surface area contributed by atoms with Gasteiger partial charge >= 0.3 is 0 Å². The summed E-state index contributed by atoms with van der Waals surface area (Å²) >= 11 is 0. The van der Waals surface area contributed by atoms with Crippen molar-refractivity contribution in [2.75, 3.05) is 4.90 Å². The third-order valence-electron chi connectivity index (χ3n) is 11.2. The van der Waals surface area contributed by atoms with E-state index >= 15 is 0 Å². The second-order valence-corrected chi connectivity index (χ2v) is 14.6. The van der Waals surface area contributed by atoms with Gasteiger partial charge in [-0.25, -0.2) is 0 Å². The van der Waals surface area contributed by atoms with Crippen molar-refractivity contribution in [1.29, 1.82) is 0 Å². The summed E-state index contributed by atoms with van der Waals surface area (Å²) in [6.07, 6.45) is 0. The van der Waals surface area contributed by atoms with E-state index in [0.29, 0.717) is 0 Å². The quantitative estimate of drug-likeness (QED) is 0.166. The molecule has 0 bridgehead atoms. The van der Waals surface area contributed by atoms with Gasteiger partial charge in [-0.05, 0) is 137 Å². The van der Waals surface area contributed by atoms with Crippen molar-refractivity contribution in [2.45, 2.75) is 19.3 Å². The van der Waals surface area contributed by atoms with Crippen LogP contribution in [0.4, 0.5) is 17.1 Å². The van der Waals surface area contributed by atoms with Gasteiger partial charge in [-0.3, -0.25) is 0 Å². The fourth-order valence-corrected chi connectivity index (χ4v) is 8.57. The molecule has 1 nitrogen and oxygen atoms in total. The van der Waals surface area contributed by atoms with E-state index < -0.39 is 0 Å². The molecule has 9 aromatic rings. The molecule has 0 spiro atoms. The van der Waals surface area contributed by atoms with Gasteiger partial charge in [0, 0.05) is 22.5 Å². The van der Waals surface area contributed by atoms with Crippen LogP contribution >= 0.6 is 0 Å². The standard InChI is InChI=1S/C51H37N/c1-51(2)48-21-13-12-20-45(48)47-32-38-25-23-35-22-24-37-28-36(26-27-44(37)50(35)46(38)33-49(47)51)40-29-39(34-14-6-3-7-15-34)30-43(31-40)52(41-16-8-4-9-17-41)42-18-10-5-11-19-42/h3-33H,1-2H3. The molecular formula is C51H37N. The van der Waals surface area contributed by atoms with Crippen LogP contribution in [0.2, 0.25) is 0 Å². The lowest BCUT2D eigenvalue weighted by molar-refractivity contribution is 0.661. The molecule has 9 aromatic carbocycles. The third kappa shape index (κ3) is 4.85. The van der Waals surface area contributed by atoms with Gasteiger partial charge in [-0.15, -0.1) is 0 Å². The van der Waals surface area contributed by atoms with Crippen molar-refractivity contribution in [3.8, 4) is 33.4 Å². The van der Waals surface area contributed by atoms with E-state index in [4.69, 9.17) is 0 Å². The molecule has 0 radical (unpaired) electrons. The van der Waals surface area contributed by atoms with E-state index in [-0.39, 0.29) is 5.41 Å². The third-order valence-corrected chi connectivity index (χ3v) is 11.2. The Morgan fingerprint density at radius 3 is 1.62 bits per heavy atom. The molecule has 0 N–H and O–H groups in total. The summed E-state index contributed by atoms with van der Waals surface area (Å²) in [5.41, 5.74) is 13.6. The van der Waals surface area contributed by atoms with Crippen molar-refractivity contribution in [2.24, 2.45) is 0 Å². The highest BCUT2D eigenvalue weighted by Gasteiger charge is 2.35. The first kappa shape index (κ1) is 30.4. The van der Waals surface area contributed by atoms with Crippen LogP contribution in [-0.2, 0) is 5.41 Å². The predicted octanol–water partition coefficient (Wildman–Crippen LogP) is 14.3. The Labute approximate surface area is 305 Å². The number of fused-ring (bicyclic) bond motifs is 8. The molecule has 0 saturated carbocycles. The van der Waals surface area contributed by atoms with Gasteiger partial charge in [0.05, 0.1) is 0 Å². The summed E-state index contributed by atoms with van der Waals surface area (Å²) < 4.78 is 0. The summed E-state index contributed by atoms with van der Waals surface area (Å²) in [6, 6.07) is 69.1. The van der Waals surface area contributed by atoms with E-state index in [1.807, 2.05) is 0 Å². The Balaban J connectivity index is 1.17. The highest BCUT2D eigenvalue weighted by Crippen LogP contribution is 2.51. The van der Waals surface area contributed by atoms with Gasteiger partial charge in [0.25, 0.3) is 0 Å². The largest absolute Gasteiger partial charge is 0.310 e. The molecule has 0 unspecified atom stereocenters. The van der Waals surface area contributed by atoms with E-state index in [2.05, 4.69) is 207 Å². The summed E-state index contributed by atoms with van der Waals surface area (Å²) in [5, 5.41) is 7.75. The Hall–Kier alpha value is -6.44. The van der Waals surface area contributed by atoms with Crippen molar-refractivity contribution >= 4 is 49.4 Å². The van der Waals surface area contributed by atoms with Gasteiger partial charge < -0.3 is 4.90 Å². The van der Waals surface area contributed by atoms with Crippen LogP contribution in [0, 0.1) is 0 Å². The fraction of sp³-hybridized carbons (Fsp3) is 0.0588. The van der Waals surface area contributed by atoms with Gasteiger partial charge in [0.2, 0.25) is 0 Å². The van der Waals surface area contributed by atoms with E-state index in [1.165, 1.54) is 76.8 Å². The number of anilines is 3. The molecule has 0 amide bonds. The van der Waals surface area contributed by atoms with E-state index in [9.17, 15) is 0 Å². The zero-order valence-electron chi connectivity index (χ0n) is 29.3.